The number of rotatable bonds is 5. The highest BCUT2D eigenvalue weighted by molar-refractivity contribution is 5.99. The van der Waals surface area contributed by atoms with Gasteiger partial charge in [0.2, 0.25) is 0 Å². The maximum absolute atomic E-state index is 12.9. The number of nitriles is 1. The molecule has 3 aromatic carbocycles. The summed E-state index contributed by atoms with van der Waals surface area (Å²) < 4.78 is 0. The Labute approximate surface area is 204 Å². The number of carbonyl (C=O) groups excluding carboxylic acids is 2. The van der Waals surface area contributed by atoms with Gasteiger partial charge in [0, 0.05) is 43.5 Å². The van der Waals surface area contributed by atoms with Crippen molar-refractivity contribution in [3.8, 4) is 6.07 Å². The van der Waals surface area contributed by atoms with Crippen molar-refractivity contribution in [2.24, 2.45) is 0 Å². The van der Waals surface area contributed by atoms with E-state index < -0.39 is 0 Å². The van der Waals surface area contributed by atoms with Crippen LogP contribution in [0.2, 0.25) is 0 Å². The van der Waals surface area contributed by atoms with Gasteiger partial charge in [-0.25, -0.2) is 4.98 Å². The summed E-state index contributed by atoms with van der Waals surface area (Å²) in [7, 11) is 2.08. The number of ketones is 1. The van der Waals surface area contributed by atoms with Gasteiger partial charge >= 0.3 is 0 Å². The van der Waals surface area contributed by atoms with Gasteiger partial charge in [0.05, 0.1) is 17.1 Å². The van der Waals surface area contributed by atoms with Crippen LogP contribution in [0.1, 0.15) is 38.4 Å². The van der Waals surface area contributed by atoms with Crippen molar-refractivity contribution < 1.29 is 9.59 Å². The minimum absolute atomic E-state index is 0.00974. The van der Waals surface area contributed by atoms with E-state index in [1.54, 1.807) is 24.3 Å². The lowest BCUT2D eigenvalue weighted by Crippen LogP contribution is -2.47. The third-order valence-corrected chi connectivity index (χ3v) is 6.69. The lowest BCUT2D eigenvalue weighted by molar-refractivity contribution is 0.0664. The monoisotopic (exact) mass is 462 g/mol. The molecule has 0 saturated carbocycles. The number of pyridine rings is 1. The van der Waals surface area contributed by atoms with Gasteiger partial charge in [0.1, 0.15) is 5.69 Å². The predicted molar refractivity (Wildman–Crippen MR) is 136 cm³/mol. The van der Waals surface area contributed by atoms with Crippen LogP contribution in [0.15, 0.2) is 66.7 Å². The minimum atomic E-state index is -0.00974. The Bertz CT molecular complexity index is 1480. The van der Waals surface area contributed by atoms with Crippen molar-refractivity contribution in [3.05, 3.63) is 89.1 Å². The van der Waals surface area contributed by atoms with Crippen LogP contribution in [-0.2, 0) is 6.42 Å². The van der Waals surface area contributed by atoms with Crippen LogP contribution in [0.3, 0.4) is 0 Å². The fraction of sp³-hybridized carbons (Fsp3) is 0.241. The lowest BCUT2D eigenvalue weighted by atomic mass is 10.00. The second-order valence-corrected chi connectivity index (χ2v) is 9.13. The number of aryl methyl sites for hydroxylation is 1. The van der Waals surface area contributed by atoms with Gasteiger partial charge in [0.25, 0.3) is 5.91 Å². The van der Waals surface area contributed by atoms with Crippen LogP contribution >= 0.6 is 0 Å². The molecule has 1 amide bonds. The molecule has 2 heterocycles. The van der Waals surface area contributed by atoms with Gasteiger partial charge in [-0.05, 0) is 66.2 Å². The summed E-state index contributed by atoms with van der Waals surface area (Å²) in [6, 6.07) is 22.9. The van der Waals surface area contributed by atoms with Gasteiger partial charge in [-0.2, -0.15) is 5.26 Å². The molecule has 0 radical (unpaired) electrons. The number of aromatic nitrogens is 1. The first kappa shape index (κ1) is 22.7. The maximum atomic E-state index is 12.9. The number of hydrogen-bond acceptors (Lipinski definition) is 5. The topological polar surface area (TPSA) is 77.3 Å². The molecular formula is C29H26N4O2. The SMILES string of the molecule is CN1CCN(C(=O)c2ccc3cc(CCC(=O)c4ccc5cc(C#N)ccc5n4)ccc3c2)CC1. The average molecular weight is 463 g/mol. The zero-order valence-corrected chi connectivity index (χ0v) is 19.7. The minimum Gasteiger partial charge on any atom is -0.336 e. The van der Waals surface area contributed by atoms with Gasteiger partial charge < -0.3 is 9.80 Å². The Balaban J connectivity index is 1.26. The molecule has 1 aromatic heterocycles. The van der Waals surface area contributed by atoms with Gasteiger partial charge in [-0.3, -0.25) is 9.59 Å². The number of carbonyl (C=O) groups is 2. The Morgan fingerprint density at radius 2 is 1.63 bits per heavy atom. The highest BCUT2D eigenvalue weighted by atomic mass is 16.2. The standard InChI is InChI=1S/C29H26N4O2/c1-32-12-14-33(15-13-32)29(35)25-7-6-22-16-20(2-5-23(22)18-25)4-11-28(34)27-10-8-24-17-21(19-30)3-9-26(24)31-27/h2-3,5-10,16-18H,4,11-15H2,1H3. The average Bonchev–Trinajstić information content (AvgIpc) is 2.90. The largest absolute Gasteiger partial charge is 0.336 e. The molecular weight excluding hydrogens is 436 g/mol. The van der Waals surface area contributed by atoms with Gasteiger partial charge in [-0.15, -0.1) is 0 Å². The third kappa shape index (κ3) is 4.91. The molecule has 1 fully saturated rings. The molecule has 174 valence electrons. The zero-order chi connectivity index (χ0) is 24.4. The predicted octanol–water partition coefficient (Wildman–Crippen LogP) is 4.46. The summed E-state index contributed by atoms with van der Waals surface area (Å²) in [4.78, 5) is 34.3. The van der Waals surface area contributed by atoms with E-state index in [4.69, 9.17) is 5.26 Å². The van der Waals surface area contributed by atoms with E-state index in [-0.39, 0.29) is 11.7 Å². The van der Waals surface area contributed by atoms with Crippen molar-refractivity contribution in [1.82, 2.24) is 14.8 Å². The number of fused-ring (bicyclic) bond motifs is 2. The summed E-state index contributed by atoms with van der Waals surface area (Å²) in [5, 5.41) is 12.0. The molecule has 0 spiro atoms. The summed E-state index contributed by atoms with van der Waals surface area (Å²) in [6.45, 7) is 3.32. The third-order valence-electron chi connectivity index (χ3n) is 6.69. The Kier molecular flexibility index (Phi) is 6.26. The molecule has 1 aliphatic heterocycles. The van der Waals surface area contributed by atoms with Crippen LogP contribution in [0.4, 0.5) is 0 Å². The summed E-state index contributed by atoms with van der Waals surface area (Å²) >= 11 is 0. The van der Waals surface area contributed by atoms with Crippen molar-refractivity contribution >= 4 is 33.4 Å². The molecule has 0 atom stereocenters. The molecule has 6 nitrogen and oxygen atoms in total. The van der Waals surface area contributed by atoms with Crippen LogP contribution in [-0.4, -0.2) is 59.7 Å². The highest BCUT2D eigenvalue weighted by Gasteiger charge is 2.20. The number of Topliss-reactive ketones (excluding diaryl/α,β-unsaturated/α-hetero) is 1. The number of piperazine rings is 1. The number of likely N-dealkylation sites (N-methyl/N-ethyl adjacent to an activating group) is 1. The fourth-order valence-electron chi connectivity index (χ4n) is 4.51. The number of benzene rings is 3. The second kappa shape index (κ2) is 9.65. The van der Waals surface area contributed by atoms with Crippen molar-refractivity contribution in [1.29, 1.82) is 5.26 Å². The molecule has 0 aliphatic carbocycles. The lowest BCUT2D eigenvalue weighted by Gasteiger charge is -2.32. The van der Waals surface area contributed by atoms with E-state index >= 15 is 0 Å². The first-order chi connectivity index (χ1) is 17.0. The molecule has 0 N–H and O–H groups in total. The van der Waals surface area contributed by atoms with E-state index in [0.717, 1.165) is 47.9 Å². The summed E-state index contributed by atoms with van der Waals surface area (Å²) in [5.41, 5.74) is 3.51. The quantitative estimate of drug-likeness (QED) is 0.409. The fourth-order valence-corrected chi connectivity index (χ4v) is 4.51. The van der Waals surface area contributed by atoms with E-state index in [1.807, 2.05) is 41.3 Å². The van der Waals surface area contributed by atoms with Crippen LogP contribution in [0.5, 0.6) is 0 Å². The summed E-state index contributed by atoms with van der Waals surface area (Å²) in [5.74, 6) is 0.0749. The van der Waals surface area contributed by atoms with E-state index in [0.29, 0.717) is 35.2 Å². The maximum Gasteiger partial charge on any atom is 0.253 e. The molecule has 4 aromatic rings. The first-order valence-electron chi connectivity index (χ1n) is 11.8. The number of hydrogen-bond donors (Lipinski definition) is 0. The Morgan fingerprint density at radius 3 is 2.43 bits per heavy atom. The Morgan fingerprint density at radius 1 is 0.886 bits per heavy atom. The molecule has 1 saturated heterocycles. The van der Waals surface area contributed by atoms with Crippen LogP contribution in [0.25, 0.3) is 21.7 Å². The number of amides is 1. The molecule has 1 aliphatic rings. The van der Waals surface area contributed by atoms with Crippen molar-refractivity contribution in [2.75, 3.05) is 33.2 Å². The Hall–Kier alpha value is -4.08. The number of nitrogens with zero attached hydrogens (tertiary/aromatic N) is 4. The van der Waals surface area contributed by atoms with Crippen molar-refractivity contribution in [2.45, 2.75) is 12.8 Å². The van der Waals surface area contributed by atoms with E-state index in [1.165, 1.54) is 0 Å². The first-order valence-corrected chi connectivity index (χ1v) is 11.8. The van der Waals surface area contributed by atoms with Crippen LogP contribution in [0, 0.1) is 11.3 Å². The molecule has 6 heteroatoms. The van der Waals surface area contributed by atoms with Crippen LogP contribution < -0.4 is 0 Å². The molecule has 35 heavy (non-hydrogen) atoms. The molecule has 0 unspecified atom stereocenters. The van der Waals surface area contributed by atoms with E-state index in [2.05, 4.69) is 29.1 Å². The smallest absolute Gasteiger partial charge is 0.253 e. The molecule has 5 rings (SSSR count). The molecule has 0 bridgehead atoms. The normalized spacial score (nSPS) is 14.2. The highest BCUT2D eigenvalue weighted by Crippen LogP contribution is 2.21. The van der Waals surface area contributed by atoms with Gasteiger partial charge in [0.15, 0.2) is 5.78 Å². The summed E-state index contributed by atoms with van der Waals surface area (Å²) in [6.07, 6.45) is 0.976. The van der Waals surface area contributed by atoms with E-state index in [9.17, 15) is 9.59 Å². The zero-order valence-electron chi connectivity index (χ0n) is 19.7. The second-order valence-electron chi connectivity index (χ2n) is 9.13. The van der Waals surface area contributed by atoms with Gasteiger partial charge in [-0.1, -0.05) is 30.3 Å². The van der Waals surface area contributed by atoms with Crippen molar-refractivity contribution in [3.63, 3.8) is 0 Å².